The Morgan fingerprint density at radius 3 is 0.901 bits per heavy atom. The minimum absolute atomic E-state index is 0.0926. The third-order valence-electron chi connectivity index (χ3n) is 10.1. The number of hydrogen-bond acceptors (Lipinski definition) is 16. The number of nitrogens with zero attached hydrogens (tertiary/aromatic N) is 2. The molecule has 0 radical (unpaired) electrons. The van der Waals surface area contributed by atoms with Crippen molar-refractivity contribution in [1.82, 2.24) is 19.2 Å². The maximum absolute atomic E-state index is 13.9. The SMILES string of the molecule is Cc1ccc(S(=O)(=O)Cl)cc1.Cc1ccc(S(=O)(=O)OCCN(CCN(CCOS(=O)(=O)c2ccc(C)cc2)S(=O)(=O)c2ccc(C)cc2)S(=O)(=O)c2ccc(C)cc2)cc1.OCCNCCNCCO. The van der Waals surface area contributed by atoms with Gasteiger partial charge in [-0.3, -0.25) is 8.37 Å². The van der Waals surface area contributed by atoms with Gasteiger partial charge in [-0.25, -0.2) is 25.3 Å². The summed E-state index contributed by atoms with van der Waals surface area (Å²) in [5.74, 6) is 0. The summed E-state index contributed by atoms with van der Waals surface area (Å²) in [4.78, 5) is -0.251. The van der Waals surface area contributed by atoms with Gasteiger partial charge in [-0.15, -0.1) is 0 Å². The average molecular weight is 1100 g/mol. The van der Waals surface area contributed by atoms with Crippen molar-refractivity contribution >= 4 is 60.0 Å². The Morgan fingerprint density at radius 1 is 0.394 bits per heavy atom. The second-order valence-corrected chi connectivity index (χ2v) is 25.5. The highest BCUT2D eigenvalue weighted by Gasteiger charge is 2.30. The molecular weight excluding hydrogens is 1040 g/mol. The molecule has 71 heavy (non-hydrogen) atoms. The molecule has 5 aromatic carbocycles. The predicted octanol–water partition coefficient (Wildman–Crippen LogP) is 4.49. The average Bonchev–Trinajstić information content (AvgIpc) is 3.31. The van der Waals surface area contributed by atoms with Crippen LogP contribution in [-0.4, -0.2) is 140 Å². The lowest BCUT2D eigenvalue weighted by molar-refractivity contribution is 0.249. The molecule has 4 N–H and O–H groups in total. The first-order chi connectivity index (χ1) is 33.3. The van der Waals surface area contributed by atoms with Crippen molar-refractivity contribution in [3.63, 3.8) is 0 Å². The van der Waals surface area contributed by atoms with Crippen LogP contribution in [0.25, 0.3) is 0 Å². The molecule has 0 heterocycles. The first-order valence-corrected chi connectivity index (χ1v) is 30.0. The highest BCUT2D eigenvalue weighted by molar-refractivity contribution is 8.13. The molecule has 0 aliphatic rings. The molecule has 0 fully saturated rings. The molecule has 0 amide bonds. The van der Waals surface area contributed by atoms with Gasteiger partial charge in [0.15, 0.2) is 0 Å². The second kappa shape index (κ2) is 28.9. The standard InChI is InChI=1S/C34H40N2O10S4.C7H7ClO2S.C6H16N2O2/c1-27-5-13-31(14-6-27)47(37,38)35(23-25-45-49(41,42)33-17-9-29(3)10-18-33)21-22-36(48(39,40)32-15-7-28(2)8-16-32)24-26-46-50(43,44)34-19-11-30(4)12-20-34;1-6-2-4-7(5-3-6)11(8,9)10;9-5-3-7-1-2-8-4-6-10/h5-20H,21-26H2,1-4H3;2-5H,1H3;7-10H,1-6H2. The van der Waals surface area contributed by atoms with Crippen LogP contribution in [0.15, 0.2) is 146 Å². The molecule has 0 unspecified atom stereocenters. The van der Waals surface area contributed by atoms with E-state index in [-0.39, 0.29) is 37.7 Å². The molecule has 0 saturated heterocycles. The highest BCUT2D eigenvalue weighted by atomic mass is 35.7. The van der Waals surface area contributed by atoms with E-state index in [1.54, 1.807) is 88.4 Å². The quantitative estimate of drug-likeness (QED) is 0.0357. The summed E-state index contributed by atoms with van der Waals surface area (Å²) in [6.45, 7) is 9.46. The summed E-state index contributed by atoms with van der Waals surface area (Å²) in [5.41, 5.74) is 4.29. The van der Waals surface area contributed by atoms with Crippen LogP contribution >= 0.6 is 10.7 Å². The lowest BCUT2D eigenvalue weighted by atomic mass is 10.2. The van der Waals surface area contributed by atoms with Crippen LogP contribution in [0, 0.1) is 34.6 Å². The fraction of sp³-hybridized carbons (Fsp3) is 0.362. The van der Waals surface area contributed by atoms with Gasteiger partial charge in [-0.05, 0) is 95.3 Å². The monoisotopic (exact) mass is 1100 g/mol. The third kappa shape index (κ3) is 20.7. The zero-order valence-electron chi connectivity index (χ0n) is 40.1. The molecule has 5 rings (SSSR count). The number of rotatable bonds is 25. The minimum Gasteiger partial charge on any atom is -0.395 e. The van der Waals surface area contributed by atoms with Gasteiger partial charge in [0.25, 0.3) is 29.3 Å². The molecule has 0 bridgehead atoms. The van der Waals surface area contributed by atoms with Crippen molar-refractivity contribution < 1.29 is 60.7 Å². The van der Waals surface area contributed by atoms with Crippen molar-refractivity contribution in [3.8, 4) is 0 Å². The summed E-state index contributed by atoms with van der Waals surface area (Å²) in [5, 5.41) is 22.7. The van der Waals surface area contributed by atoms with Crippen LogP contribution in [-0.2, 0) is 57.7 Å². The Bertz CT molecular complexity index is 2800. The van der Waals surface area contributed by atoms with E-state index in [1.165, 1.54) is 60.7 Å². The topological polar surface area (TPSA) is 260 Å². The van der Waals surface area contributed by atoms with E-state index in [1.807, 2.05) is 6.92 Å². The van der Waals surface area contributed by atoms with Crippen molar-refractivity contribution in [2.45, 2.75) is 59.1 Å². The van der Waals surface area contributed by atoms with Gasteiger partial charge in [-0.2, -0.15) is 25.4 Å². The zero-order chi connectivity index (χ0) is 52.9. The fourth-order valence-corrected chi connectivity index (χ4v) is 11.4. The van der Waals surface area contributed by atoms with Gasteiger partial charge in [-0.1, -0.05) is 88.5 Å². The van der Waals surface area contributed by atoms with Gasteiger partial charge in [0.05, 0.1) is 50.9 Å². The molecule has 0 aliphatic heterocycles. The molecule has 0 saturated carbocycles. The number of aryl methyl sites for hydroxylation is 5. The molecule has 0 aliphatic carbocycles. The minimum atomic E-state index is -4.29. The molecular formula is C47H63ClN4O14S5. The normalized spacial score (nSPS) is 12.3. The first kappa shape index (κ1) is 61.1. The van der Waals surface area contributed by atoms with E-state index in [2.05, 4.69) is 10.6 Å². The Kier molecular flexibility index (Phi) is 24.9. The smallest absolute Gasteiger partial charge is 0.297 e. The van der Waals surface area contributed by atoms with Crippen molar-refractivity contribution in [1.29, 1.82) is 0 Å². The van der Waals surface area contributed by atoms with Gasteiger partial charge in [0, 0.05) is 63.0 Å². The molecule has 5 aromatic rings. The summed E-state index contributed by atoms with van der Waals surface area (Å²) in [6.07, 6.45) is 0. The summed E-state index contributed by atoms with van der Waals surface area (Å²) < 4.78 is 140. The number of aliphatic hydroxyl groups is 2. The largest absolute Gasteiger partial charge is 0.395 e. The number of sulfonamides is 2. The molecule has 0 atom stereocenters. The Hall–Kier alpha value is -4.18. The molecule has 0 spiro atoms. The van der Waals surface area contributed by atoms with Gasteiger partial charge < -0.3 is 20.8 Å². The number of halogens is 1. The van der Waals surface area contributed by atoms with E-state index >= 15 is 0 Å². The molecule has 392 valence electrons. The molecule has 0 aromatic heterocycles. The Labute approximate surface area is 424 Å². The summed E-state index contributed by atoms with van der Waals surface area (Å²) in [6, 6.07) is 30.3. The van der Waals surface area contributed by atoms with Crippen LogP contribution in [0.3, 0.4) is 0 Å². The van der Waals surface area contributed by atoms with E-state index < -0.39 is 88.7 Å². The van der Waals surface area contributed by atoms with Gasteiger partial charge in [0.2, 0.25) is 20.0 Å². The third-order valence-corrected chi connectivity index (χ3v) is 17.9. The van der Waals surface area contributed by atoms with Crippen molar-refractivity contribution in [3.05, 3.63) is 149 Å². The van der Waals surface area contributed by atoms with Gasteiger partial charge >= 0.3 is 0 Å². The summed E-state index contributed by atoms with van der Waals surface area (Å²) >= 11 is 0. The van der Waals surface area contributed by atoms with Crippen LogP contribution in [0.4, 0.5) is 0 Å². The van der Waals surface area contributed by atoms with Crippen molar-refractivity contribution in [2.24, 2.45) is 0 Å². The number of aliphatic hydroxyl groups excluding tert-OH is 2. The van der Waals surface area contributed by atoms with E-state index in [4.69, 9.17) is 29.3 Å². The summed E-state index contributed by atoms with van der Waals surface area (Å²) in [7, 11) is -15.5. The predicted molar refractivity (Wildman–Crippen MR) is 273 cm³/mol. The number of benzene rings is 5. The van der Waals surface area contributed by atoms with Crippen LogP contribution in [0.5, 0.6) is 0 Å². The van der Waals surface area contributed by atoms with E-state index in [9.17, 15) is 42.1 Å². The second-order valence-electron chi connectivity index (χ2n) is 15.8. The van der Waals surface area contributed by atoms with Crippen LogP contribution < -0.4 is 10.6 Å². The van der Waals surface area contributed by atoms with Crippen LogP contribution in [0.2, 0.25) is 0 Å². The number of hydrogen-bond donors (Lipinski definition) is 4. The molecule has 24 heteroatoms. The Morgan fingerprint density at radius 2 is 0.648 bits per heavy atom. The lowest BCUT2D eigenvalue weighted by Crippen LogP contribution is -2.43. The lowest BCUT2D eigenvalue weighted by Gasteiger charge is -2.27. The zero-order valence-corrected chi connectivity index (χ0v) is 45.0. The van der Waals surface area contributed by atoms with Gasteiger partial charge in [0.1, 0.15) is 0 Å². The first-order valence-electron chi connectivity index (χ1n) is 22.0. The van der Waals surface area contributed by atoms with E-state index in [0.29, 0.717) is 13.1 Å². The highest BCUT2D eigenvalue weighted by Crippen LogP contribution is 2.22. The number of nitrogens with one attached hydrogen (secondary N) is 2. The fourth-order valence-electron chi connectivity index (χ4n) is 5.98. The van der Waals surface area contributed by atoms with E-state index in [0.717, 1.165) is 49.5 Å². The molecule has 18 nitrogen and oxygen atoms in total. The van der Waals surface area contributed by atoms with Crippen molar-refractivity contribution in [2.75, 3.05) is 78.8 Å². The van der Waals surface area contributed by atoms with Crippen LogP contribution in [0.1, 0.15) is 27.8 Å². The maximum atomic E-state index is 13.9. The Balaban J connectivity index is 0.000000521. The maximum Gasteiger partial charge on any atom is 0.297 e.